The summed E-state index contributed by atoms with van der Waals surface area (Å²) < 4.78 is 47.8. The van der Waals surface area contributed by atoms with Crippen molar-refractivity contribution in [3.05, 3.63) is 201 Å². The van der Waals surface area contributed by atoms with Crippen LogP contribution in [-0.2, 0) is 58.2 Å². The van der Waals surface area contributed by atoms with Crippen molar-refractivity contribution in [2.45, 2.75) is 59.9 Å². The van der Waals surface area contributed by atoms with E-state index in [1.54, 1.807) is 55.5 Å². The van der Waals surface area contributed by atoms with Crippen LogP contribution in [0.4, 0.5) is 8.78 Å². The molecule has 6 rings (SSSR count). The summed E-state index contributed by atoms with van der Waals surface area (Å²) in [5, 5.41) is 5.81. The van der Waals surface area contributed by atoms with Crippen molar-refractivity contribution in [2.75, 3.05) is 13.7 Å². The van der Waals surface area contributed by atoms with Crippen molar-refractivity contribution in [1.82, 2.24) is 10.6 Å². The zero-order valence-electron chi connectivity index (χ0n) is 35.7. The Bertz CT molecular complexity index is 2520. The molecule has 0 saturated heterocycles. The number of ether oxygens (including phenoxy) is 4. The molecule has 326 valence electrons. The van der Waals surface area contributed by atoms with E-state index < -0.39 is 0 Å². The normalized spacial score (nSPS) is 10.4. The fourth-order valence-corrected chi connectivity index (χ4v) is 6.33. The summed E-state index contributed by atoms with van der Waals surface area (Å²) >= 11 is 0. The topological polar surface area (TPSA) is 129 Å². The van der Waals surface area contributed by atoms with Gasteiger partial charge in [0.15, 0.2) is 0 Å². The molecule has 0 spiro atoms. The van der Waals surface area contributed by atoms with Gasteiger partial charge in [-0.2, -0.15) is 0 Å². The predicted molar refractivity (Wildman–Crippen MR) is 235 cm³/mol. The van der Waals surface area contributed by atoms with Gasteiger partial charge in [0.2, 0.25) is 0 Å². The fourth-order valence-electron chi connectivity index (χ4n) is 6.33. The van der Waals surface area contributed by atoms with Crippen LogP contribution in [0.1, 0.15) is 72.1 Å². The molecule has 6 aromatic carbocycles. The number of halogens is 2. The number of aryl methyl sites for hydroxylation is 2. The first-order valence-electron chi connectivity index (χ1n) is 20.3. The smallest absolute Gasteiger partial charge is 0.310 e. The Morgan fingerprint density at radius 3 is 1.35 bits per heavy atom. The number of hydrogen-bond donors (Lipinski definition) is 2. The molecule has 63 heavy (non-hydrogen) atoms. The van der Waals surface area contributed by atoms with Gasteiger partial charge in [0.05, 0.1) is 26.6 Å². The summed E-state index contributed by atoms with van der Waals surface area (Å²) in [5.41, 5.74) is 7.47. The Morgan fingerprint density at radius 1 is 0.508 bits per heavy atom. The molecule has 2 N–H and O–H groups in total. The molecule has 6 aromatic rings. The highest BCUT2D eigenvalue weighted by Crippen LogP contribution is 2.21. The maximum absolute atomic E-state index is 13.3. The Hall–Kier alpha value is -7.34. The van der Waals surface area contributed by atoms with Crippen LogP contribution >= 0.6 is 0 Å². The first-order chi connectivity index (χ1) is 30.4. The largest absolute Gasteiger partial charge is 0.489 e. The van der Waals surface area contributed by atoms with Crippen LogP contribution in [0, 0.1) is 25.5 Å². The number of carbonyl (C=O) groups is 4. The number of hydrogen-bond acceptors (Lipinski definition) is 8. The zero-order valence-corrected chi connectivity index (χ0v) is 35.7. The summed E-state index contributed by atoms with van der Waals surface area (Å²) in [4.78, 5) is 48.6. The van der Waals surface area contributed by atoms with Crippen molar-refractivity contribution < 1.29 is 46.9 Å². The van der Waals surface area contributed by atoms with Crippen LogP contribution in [0.15, 0.2) is 133 Å². The molecule has 12 heteroatoms. The van der Waals surface area contributed by atoms with E-state index in [2.05, 4.69) is 15.4 Å². The van der Waals surface area contributed by atoms with Crippen molar-refractivity contribution in [2.24, 2.45) is 0 Å². The summed E-state index contributed by atoms with van der Waals surface area (Å²) in [6, 6.07) is 37.8. The van der Waals surface area contributed by atoms with Gasteiger partial charge >= 0.3 is 11.9 Å². The van der Waals surface area contributed by atoms with E-state index in [0.717, 1.165) is 33.4 Å². The lowest BCUT2D eigenvalue weighted by Crippen LogP contribution is -2.23. The Labute approximate surface area is 366 Å². The molecule has 0 fully saturated rings. The molecule has 10 nitrogen and oxygen atoms in total. The maximum Gasteiger partial charge on any atom is 0.310 e. The average molecular weight is 857 g/mol. The second-order valence-corrected chi connectivity index (χ2v) is 14.5. The predicted octanol–water partition coefficient (Wildman–Crippen LogP) is 9.11. The maximum atomic E-state index is 13.3. The highest BCUT2D eigenvalue weighted by Gasteiger charge is 2.14. The van der Waals surface area contributed by atoms with E-state index in [0.29, 0.717) is 53.4 Å². The molecule has 0 atom stereocenters. The van der Waals surface area contributed by atoms with Gasteiger partial charge < -0.3 is 29.6 Å². The van der Waals surface area contributed by atoms with E-state index >= 15 is 0 Å². The van der Waals surface area contributed by atoms with Crippen molar-refractivity contribution >= 4 is 23.8 Å². The van der Waals surface area contributed by atoms with Crippen molar-refractivity contribution in [3.63, 3.8) is 0 Å². The fraction of sp³-hybridized carbons (Fsp3) is 0.216. The van der Waals surface area contributed by atoms with E-state index in [4.69, 9.17) is 14.2 Å². The Morgan fingerprint density at radius 2 is 0.921 bits per heavy atom. The third-order valence-electron chi connectivity index (χ3n) is 9.62. The highest BCUT2D eigenvalue weighted by molar-refractivity contribution is 5.96. The third kappa shape index (κ3) is 15.3. The summed E-state index contributed by atoms with van der Waals surface area (Å²) in [7, 11) is 1.35. The van der Waals surface area contributed by atoms with Crippen LogP contribution in [0.5, 0.6) is 11.5 Å². The monoisotopic (exact) mass is 856 g/mol. The molecule has 0 aliphatic carbocycles. The van der Waals surface area contributed by atoms with Crippen molar-refractivity contribution in [1.29, 1.82) is 0 Å². The SMILES string of the molecule is CCOC(=O)Cc1cccc(CNC(=O)c2cc(OCc3cccc(F)c3)ccc2C)c1.COC(=O)Cc1cccc(CNC(=O)c2cc(OCc3cccc(F)c3)ccc2C)c1. The second-order valence-electron chi connectivity index (χ2n) is 14.5. The molecule has 2 amide bonds. The van der Waals surface area contributed by atoms with Crippen LogP contribution < -0.4 is 20.1 Å². The first kappa shape index (κ1) is 46.7. The first-order valence-corrected chi connectivity index (χ1v) is 20.3. The van der Waals surface area contributed by atoms with E-state index in [-0.39, 0.29) is 61.4 Å². The molecule has 0 aromatic heterocycles. The lowest BCUT2D eigenvalue weighted by atomic mass is 10.1. The average Bonchev–Trinajstić information content (AvgIpc) is 3.27. The van der Waals surface area contributed by atoms with Gasteiger partial charge in [0.25, 0.3) is 11.8 Å². The number of rotatable bonds is 17. The van der Waals surface area contributed by atoms with Crippen LogP contribution in [-0.4, -0.2) is 37.5 Å². The minimum absolute atomic E-state index is 0.183. The molecular formula is C51H50F2N2O8. The molecule has 0 saturated carbocycles. The summed E-state index contributed by atoms with van der Waals surface area (Å²) in [6.07, 6.45) is 0.377. The minimum Gasteiger partial charge on any atom is -0.489 e. The second kappa shape index (κ2) is 23.6. The standard InChI is InChI=1S/C26H26FNO4.C25H24FNO4/c1-3-31-25(29)14-19-6-4-7-20(12-19)16-28-26(30)24-15-23(11-10-18(24)2)32-17-21-8-5-9-22(27)13-21;1-17-9-10-22(31-16-20-7-4-8-21(26)12-20)14-23(17)25(29)27-15-19-6-3-5-18(11-19)13-24(28)30-2/h4-13,15H,3,14,16-17H2,1-2H3,(H,28,30);3-12,14H,13,15-16H2,1-2H3,(H,27,29). The van der Waals surface area contributed by atoms with Gasteiger partial charge in [-0.25, -0.2) is 8.78 Å². The number of methoxy groups -OCH3 is 1. The quantitative estimate of drug-likeness (QED) is 0.0870. The van der Waals surface area contributed by atoms with Crippen molar-refractivity contribution in [3.8, 4) is 11.5 Å². The van der Waals surface area contributed by atoms with E-state index in [1.807, 2.05) is 74.5 Å². The summed E-state index contributed by atoms with van der Waals surface area (Å²) in [5.74, 6) is -0.628. The minimum atomic E-state index is -0.319. The molecule has 0 aliphatic heterocycles. The molecule has 0 unspecified atom stereocenters. The van der Waals surface area contributed by atoms with Crippen LogP contribution in [0.2, 0.25) is 0 Å². The number of benzene rings is 6. The molecule has 0 aliphatic rings. The number of carbonyl (C=O) groups excluding carboxylic acids is 4. The van der Waals surface area contributed by atoms with Crippen LogP contribution in [0.25, 0.3) is 0 Å². The zero-order chi connectivity index (χ0) is 45.1. The Balaban J connectivity index is 0.000000238. The number of esters is 2. The van der Waals surface area contributed by atoms with Gasteiger partial charge in [0, 0.05) is 24.2 Å². The lowest BCUT2D eigenvalue weighted by molar-refractivity contribution is -0.142. The molecule has 0 radical (unpaired) electrons. The van der Waals surface area contributed by atoms with Gasteiger partial charge in [0.1, 0.15) is 36.3 Å². The van der Waals surface area contributed by atoms with Gasteiger partial charge in [-0.1, -0.05) is 84.9 Å². The number of nitrogens with one attached hydrogen (secondary N) is 2. The van der Waals surface area contributed by atoms with Gasteiger partial charge in [-0.3, -0.25) is 19.2 Å². The third-order valence-corrected chi connectivity index (χ3v) is 9.62. The lowest BCUT2D eigenvalue weighted by Gasteiger charge is -2.12. The van der Waals surface area contributed by atoms with Gasteiger partial charge in [-0.15, -0.1) is 0 Å². The molecule has 0 heterocycles. The Kier molecular flexibility index (Phi) is 17.5. The summed E-state index contributed by atoms with van der Waals surface area (Å²) in [6.45, 7) is 6.87. The molecule has 0 bridgehead atoms. The van der Waals surface area contributed by atoms with Crippen LogP contribution in [0.3, 0.4) is 0 Å². The van der Waals surface area contributed by atoms with E-state index in [1.165, 1.54) is 31.4 Å². The number of amides is 2. The highest BCUT2D eigenvalue weighted by atomic mass is 19.1. The van der Waals surface area contributed by atoms with Gasteiger partial charge in [-0.05, 0) is 114 Å². The molecular weight excluding hydrogens is 807 g/mol. The van der Waals surface area contributed by atoms with E-state index in [9.17, 15) is 28.0 Å².